The molecule has 1 unspecified atom stereocenters. The lowest BCUT2D eigenvalue weighted by molar-refractivity contribution is 0.190. The number of aliphatic hydroxyl groups is 1. The molecule has 0 saturated heterocycles. The Morgan fingerprint density at radius 1 is 1.22 bits per heavy atom. The van der Waals surface area contributed by atoms with Crippen LogP contribution in [-0.2, 0) is 0 Å². The van der Waals surface area contributed by atoms with Crippen molar-refractivity contribution in [2.45, 2.75) is 13.0 Å². The molecule has 0 bridgehead atoms. The largest absolute Gasteiger partial charge is 0.469 e. The minimum absolute atomic E-state index is 0.483. The molecular weight excluding hydrogens is 252 g/mol. The Morgan fingerprint density at radius 3 is 2.78 bits per heavy atom. The number of rotatable bonds is 2. The van der Waals surface area contributed by atoms with Gasteiger partial charge in [0.15, 0.2) is 0 Å². The van der Waals surface area contributed by atoms with Crippen molar-refractivity contribution in [3.05, 3.63) is 58.7 Å². The maximum absolute atomic E-state index is 10.2. The first-order valence-corrected chi connectivity index (χ1v) is 5.94. The fourth-order valence-electron chi connectivity index (χ4n) is 2.00. The SMILES string of the molecule is Cc1occc1C(O)c1cc2cc(Cl)ccc2o1. The van der Waals surface area contributed by atoms with E-state index in [0.717, 1.165) is 5.39 Å². The third kappa shape index (κ3) is 1.82. The molecule has 1 atom stereocenters. The van der Waals surface area contributed by atoms with Gasteiger partial charge in [0, 0.05) is 16.0 Å². The number of hydrogen-bond donors (Lipinski definition) is 1. The van der Waals surface area contributed by atoms with Crippen LogP contribution in [-0.4, -0.2) is 5.11 Å². The predicted octanol–water partition coefficient (Wildman–Crippen LogP) is 4.07. The van der Waals surface area contributed by atoms with Crippen LogP contribution >= 0.6 is 11.6 Å². The van der Waals surface area contributed by atoms with Crippen molar-refractivity contribution in [3.8, 4) is 0 Å². The zero-order valence-corrected chi connectivity index (χ0v) is 10.4. The van der Waals surface area contributed by atoms with Gasteiger partial charge in [0.05, 0.1) is 6.26 Å². The lowest BCUT2D eigenvalue weighted by atomic mass is 10.1. The van der Waals surface area contributed by atoms with Gasteiger partial charge in [-0.15, -0.1) is 0 Å². The van der Waals surface area contributed by atoms with Crippen LogP contribution in [0.15, 0.2) is 45.4 Å². The zero-order valence-electron chi connectivity index (χ0n) is 9.68. The van der Waals surface area contributed by atoms with Gasteiger partial charge in [0.1, 0.15) is 23.2 Å². The molecule has 0 spiro atoms. The molecule has 0 aliphatic heterocycles. The smallest absolute Gasteiger partial charge is 0.140 e. The summed E-state index contributed by atoms with van der Waals surface area (Å²) in [5.74, 6) is 1.16. The number of hydrogen-bond acceptors (Lipinski definition) is 3. The number of benzene rings is 1. The maximum Gasteiger partial charge on any atom is 0.140 e. The second-order valence-corrected chi connectivity index (χ2v) is 4.60. The quantitative estimate of drug-likeness (QED) is 0.757. The molecule has 3 aromatic rings. The van der Waals surface area contributed by atoms with Gasteiger partial charge in [0.2, 0.25) is 0 Å². The molecule has 3 nitrogen and oxygen atoms in total. The van der Waals surface area contributed by atoms with Gasteiger partial charge in [-0.1, -0.05) is 11.6 Å². The molecule has 0 fully saturated rings. The second-order valence-electron chi connectivity index (χ2n) is 4.17. The molecule has 18 heavy (non-hydrogen) atoms. The molecule has 0 amide bonds. The fraction of sp³-hybridized carbons (Fsp3) is 0.143. The van der Waals surface area contributed by atoms with Crippen molar-refractivity contribution < 1.29 is 13.9 Å². The van der Waals surface area contributed by atoms with Gasteiger partial charge in [-0.3, -0.25) is 0 Å². The van der Waals surface area contributed by atoms with Gasteiger partial charge in [-0.25, -0.2) is 0 Å². The monoisotopic (exact) mass is 262 g/mol. The van der Waals surface area contributed by atoms with E-state index in [1.165, 1.54) is 0 Å². The van der Waals surface area contributed by atoms with Crippen molar-refractivity contribution in [2.24, 2.45) is 0 Å². The topological polar surface area (TPSA) is 46.5 Å². The Morgan fingerprint density at radius 2 is 2.06 bits per heavy atom. The zero-order chi connectivity index (χ0) is 12.7. The van der Waals surface area contributed by atoms with Crippen LogP contribution in [0.2, 0.25) is 5.02 Å². The Kier molecular flexibility index (Phi) is 2.65. The molecule has 0 radical (unpaired) electrons. The van der Waals surface area contributed by atoms with E-state index in [2.05, 4.69) is 0 Å². The van der Waals surface area contributed by atoms with Crippen LogP contribution in [0.3, 0.4) is 0 Å². The second kappa shape index (κ2) is 4.19. The molecule has 1 N–H and O–H groups in total. The van der Waals surface area contributed by atoms with Crippen LogP contribution in [0.5, 0.6) is 0 Å². The van der Waals surface area contributed by atoms with E-state index in [1.54, 1.807) is 43.5 Å². The lowest BCUT2D eigenvalue weighted by Crippen LogP contribution is -1.97. The number of furan rings is 2. The van der Waals surface area contributed by atoms with Crippen LogP contribution in [0.4, 0.5) is 0 Å². The highest BCUT2D eigenvalue weighted by molar-refractivity contribution is 6.31. The van der Waals surface area contributed by atoms with Gasteiger partial charge < -0.3 is 13.9 Å². The van der Waals surface area contributed by atoms with Crippen LogP contribution in [0.25, 0.3) is 11.0 Å². The molecule has 1 aromatic carbocycles. The van der Waals surface area contributed by atoms with Gasteiger partial charge >= 0.3 is 0 Å². The Balaban J connectivity index is 2.07. The number of halogens is 1. The van der Waals surface area contributed by atoms with Crippen LogP contribution in [0.1, 0.15) is 23.2 Å². The van der Waals surface area contributed by atoms with E-state index in [9.17, 15) is 5.11 Å². The average molecular weight is 263 g/mol. The summed E-state index contributed by atoms with van der Waals surface area (Å²) in [5.41, 5.74) is 1.41. The minimum Gasteiger partial charge on any atom is -0.469 e. The van der Waals surface area contributed by atoms with Crippen LogP contribution < -0.4 is 0 Å². The van der Waals surface area contributed by atoms with Crippen molar-refractivity contribution >= 4 is 22.6 Å². The lowest BCUT2D eigenvalue weighted by Gasteiger charge is -2.05. The van der Waals surface area contributed by atoms with E-state index in [1.807, 2.05) is 0 Å². The third-order valence-corrected chi connectivity index (χ3v) is 3.20. The normalized spacial score (nSPS) is 13.1. The molecule has 0 saturated carbocycles. The summed E-state index contributed by atoms with van der Waals surface area (Å²) in [6.45, 7) is 1.80. The average Bonchev–Trinajstić information content (AvgIpc) is 2.93. The summed E-state index contributed by atoms with van der Waals surface area (Å²) < 4.78 is 10.8. The van der Waals surface area contributed by atoms with E-state index >= 15 is 0 Å². The summed E-state index contributed by atoms with van der Waals surface area (Å²) in [4.78, 5) is 0. The summed E-state index contributed by atoms with van der Waals surface area (Å²) in [7, 11) is 0. The molecule has 0 aliphatic rings. The van der Waals surface area contributed by atoms with Gasteiger partial charge in [0.25, 0.3) is 0 Å². The molecule has 0 aliphatic carbocycles. The third-order valence-electron chi connectivity index (χ3n) is 2.96. The van der Waals surface area contributed by atoms with Gasteiger partial charge in [-0.05, 0) is 37.3 Å². The number of fused-ring (bicyclic) bond motifs is 1. The molecule has 2 heterocycles. The van der Waals surface area contributed by atoms with E-state index in [0.29, 0.717) is 27.7 Å². The summed E-state index contributed by atoms with van der Waals surface area (Å²) >= 11 is 5.91. The highest BCUT2D eigenvalue weighted by atomic mass is 35.5. The Labute approximate surface area is 109 Å². The summed E-state index contributed by atoms with van der Waals surface area (Å²) in [6, 6.07) is 8.88. The van der Waals surface area contributed by atoms with Crippen molar-refractivity contribution in [1.29, 1.82) is 0 Å². The van der Waals surface area contributed by atoms with Crippen molar-refractivity contribution in [1.82, 2.24) is 0 Å². The van der Waals surface area contributed by atoms with Crippen LogP contribution in [0, 0.1) is 6.92 Å². The fourth-order valence-corrected chi connectivity index (χ4v) is 2.18. The first-order chi connectivity index (χ1) is 8.65. The highest BCUT2D eigenvalue weighted by Crippen LogP contribution is 2.31. The van der Waals surface area contributed by atoms with E-state index < -0.39 is 6.10 Å². The first-order valence-electron chi connectivity index (χ1n) is 5.56. The molecule has 3 rings (SSSR count). The number of aliphatic hydroxyl groups excluding tert-OH is 1. The Bertz CT molecular complexity index is 696. The van der Waals surface area contributed by atoms with Gasteiger partial charge in [-0.2, -0.15) is 0 Å². The van der Waals surface area contributed by atoms with E-state index in [4.69, 9.17) is 20.4 Å². The molecule has 92 valence electrons. The number of aryl methyl sites for hydroxylation is 1. The summed E-state index contributed by atoms with van der Waals surface area (Å²) in [5, 5.41) is 11.8. The predicted molar refractivity (Wildman–Crippen MR) is 68.7 cm³/mol. The standard InChI is InChI=1S/C14H11ClO3/c1-8-11(4-5-17-8)14(16)13-7-9-6-10(15)2-3-12(9)18-13/h2-7,14,16H,1H3. The maximum atomic E-state index is 10.2. The van der Waals surface area contributed by atoms with Crippen molar-refractivity contribution in [3.63, 3.8) is 0 Å². The first kappa shape index (κ1) is 11.4. The molecule has 4 heteroatoms. The van der Waals surface area contributed by atoms with E-state index in [-0.39, 0.29) is 0 Å². The van der Waals surface area contributed by atoms with Crippen molar-refractivity contribution in [2.75, 3.05) is 0 Å². The highest BCUT2D eigenvalue weighted by Gasteiger charge is 2.19. The summed E-state index contributed by atoms with van der Waals surface area (Å²) in [6.07, 6.45) is 0.725. The minimum atomic E-state index is -0.824. The Hall–Kier alpha value is -1.71. The molecular formula is C14H11ClO3. The molecule has 2 aromatic heterocycles.